The lowest BCUT2D eigenvalue weighted by Crippen LogP contribution is -2.48. The fourth-order valence-electron chi connectivity index (χ4n) is 4.67. The first-order valence-electron chi connectivity index (χ1n) is 12.4. The number of rotatable bonds is 10. The highest BCUT2D eigenvalue weighted by Crippen LogP contribution is 2.42. The topological polar surface area (TPSA) is 86.8 Å². The van der Waals surface area contributed by atoms with Crippen molar-refractivity contribution in [1.29, 1.82) is 0 Å². The Hall–Kier alpha value is -3.39. The Balaban J connectivity index is 1.50. The Morgan fingerprint density at radius 2 is 1.75 bits per heavy atom. The Labute approximate surface area is 213 Å². The number of hydrogen-bond acceptors (Lipinski definition) is 4. The molecule has 0 aromatic heterocycles. The summed E-state index contributed by atoms with van der Waals surface area (Å²) < 4.78 is 27.9. The van der Waals surface area contributed by atoms with Crippen molar-refractivity contribution >= 4 is 38.3 Å². The molecule has 3 aromatic carbocycles. The first-order chi connectivity index (χ1) is 17.3. The normalized spacial score (nSPS) is 14.6. The molecule has 3 aromatic rings. The van der Waals surface area contributed by atoms with E-state index in [1.807, 2.05) is 62.4 Å². The molecule has 0 saturated heterocycles. The van der Waals surface area contributed by atoms with E-state index in [9.17, 15) is 18.0 Å². The summed E-state index contributed by atoms with van der Waals surface area (Å²) in [4.78, 5) is 28.0. The highest BCUT2D eigenvalue weighted by atomic mass is 32.2. The molecule has 0 spiro atoms. The number of nitrogens with one attached hydrogen (secondary N) is 1. The van der Waals surface area contributed by atoms with Crippen LogP contribution in [0.25, 0.3) is 10.8 Å². The minimum Gasteiger partial charge on any atom is -0.354 e. The minimum absolute atomic E-state index is 0.135. The third-order valence-corrected chi connectivity index (χ3v) is 8.61. The van der Waals surface area contributed by atoms with E-state index in [-0.39, 0.29) is 24.8 Å². The van der Waals surface area contributed by atoms with E-state index in [1.54, 1.807) is 24.0 Å². The Bertz CT molecular complexity index is 1380. The van der Waals surface area contributed by atoms with Gasteiger partial charge in [-0.15, -0.1) is 0 Å². The van der Waals surface area contributed by atoms with E-state index in [1.165, 1.54) is 4.31 Å². The van der Waals surface area contributed by atoms with Crippen LogP contribution in [-0.2, 0) is 26.2 Å². The summed E-state index contributed by atoms with van der Waals surface area (Å²) in [6.45, 7) is 6.76. The van der Waals surface area contributed by atoms with Crippen molar-refractivity contribution in [2.75, 3.05) is 17.4 Å². The molecule has 1 atom stereocenters. The zero-order valence-electron chi connectivity index (χ0n) is 21.0. The summed E-state index contributed by atoms with van der Waals surface area (Å²) in [5, 5.41) is 4.49. The van der Waals surface area contributed by atoms with E-state index in [0.29, 0.717) is 30.1 Å². The Morgan fingerprint density at radius 1 is 1.03 bits per heavy atom. The quantitative estimate of drug-likeness (QED) is 0.441. The second-order valence-corrected chi connectivity index (χ2v) is 11.1. The van der Waals surface area contributed by atoms with Crippen LogP contribution in [0.4, 0.5) is 5.69 Å². The third-order valence-electron chi connectivity index (χ3n) is 6.75. The lowest BCUT2D eigenvalue weighted by atomic mass is 10.1. The molecular weight excluding hydrogens is 474 g/mol. The van der Waals surface area contributed by atoms with Crippen LogP contribution < -0.4 is 9.62 Å². The first-order valence-corrected chi connectivity index (χ1v) is 13.9. The fourth-order valence-corrected chi connectivity index (χ4v) is 6.41. The van der Waals surface area contributed by atoms with Gasteiger partial charge in [0.1, 0.15) is 6.04 Å². The summed E-state index contributed by atoms with van der Waals surface area (Å²) in [5.41, 5.74) is 2.68. The molecule has 7 nitrogen and oxygen atoms in total. The van der Waals surface area contributed by atoms with Crippen LogP contribution in [0.2, 0.25) is 0 Å². The maximum atomic E-state index is 13.4. The van der Waals surface area contributed by atoms with Gasteiger partial charge in [0.05, 0.1) is 10.6 Å². The van der Waals surface area contributed by atoms with Gasteiger partial charge >= 0.3 is 0 Å². The number of benzene rings is 3. The standard InChI is InChI=1S/C28H33N3O4S/c1-4-17-29-28(33)21(3)30(19-23-11-6-5-10-20(23)2)26(32)16-9-18-31-24-14-7-12-22-13-8-15-25(27(22)24)36(31,34)35/h5-8,10-15,21H,4,9,16-19H2,1-3H3,(H,29,33)/t21-/m1/s1. The highest BCUT2D eigenvalue weighted by molar-refractivity contribution is 7.93. The molecule has 2 amide bonds. The van der Waals surface area contributed by atoms with Gasteiger partial charge in [-0.05, 0) is 55.3 Å². The predicted molar refractivity (Wildman–Crippen MR) is 142 cm³/mol. The number of sulfonamides is 1. The molecule has 0 fully saturated rings. The van der Waals surface area contributed by atoms with Crippen molar-refractivity contribution in [2.24, 2.45) is 0 Å². The number of aryl methyl sites for hydroxylation is 1. The molecule has 4 rings (SSSR count). The van der Waals surface area contributed by atoms with Crippen molar-refractivity contribution in [3.05, 3.63) is 71.8 Å². The van der Waals surface area contributed by atoms with Crippen molar-refractivity contribution in [3.63, 3.8) is 0 Å². The van der Waals surface area contributed by atoms with Crippen molar-refractivity contribution in [1.82, 2.24) is 10.2 Å². The third kappa shape index (κ3) is 4.95. The summed E-state index contributed by atoms with van der Waals surface area (Å²) >= 11 is 0. The van der Waals surface area contributed by atoms with Gasteiger partial charge in [0.25, 0.3) is 10.0 Å². The van der Waals surface area contributed by atoms with Crippen LogP contribution in [-0.4, -0.2) is 44.3 Å². The van der Waals surface area contributed by atoms with Gasteiger partial charge in [-0.1, -0.05) is 55.5 Å². The van der Waals surface area contributed by atoms with Gasteiger partial charge < -0.3 is 10.2 Å². The molecule has 0 saturated carbocycles. The average Bonchev–Trinajstić information content (AvgIpc) is 3.09. The molecule has 1 heterocycles. The first kappa shape index (κ1) is 25.7. The summed E-state index contributed by atoms with van der Waals surface area (Å²) in [7, 11) is -3.67. The van der Waals surface area contributed by atoms with Gasteiger partial charge in [-0.3, -0.25) is 13.9 Å². The number of amides is 2. The average molecular weight is 508 g/mol. The van der Waals surface area contributed by atoms with Crippen LogP contribution in [0, 0.1) is 6.92 Å². The summed E-state index contributed by atoms with van der Waals surface area (Å²) in [6.07, 6.45) is 1.29. The molecule has 190 valence electrons. The molecule has 1 aliphatic heterocycles. The van der Waals surface area contributed by atoms with Gasteiger partial charge in [0, 0.05) is 31.4 Å². The Kier molecular flexibility index (Phi) is 7.64. The maximum absolute atomic E-state index is 13.4. The van der Waals surface area contributed by atoms with E-state index in [2.05, 4.69) is 5.32 Å². The summed E-state index contributed by atoms with van der Waals surface area (Å²) in [5.74, 6) is -0.368. The molecule has 0 bridgehead atoms. The SMILES string of the molecule is CCCNC(=O)[C@@H](C)N(Cc1ccccc1C)C(=O)CCCN1c2cccc3cccc(c23)S1(=O)=O. The van der Waals surface area contributed by atoms with Crippen LogP contribution in [0.15, 0.2) is 65.6 Å². The number of carbonyl (C=O) groups is 2. The van der Waals surface area contributed by atoms with Crippen molar-refractivity contribution < 1.29 is 18.0 Å². The second kappa shape index (κ2) is 10.7. The molecule has 8 heteroatoms. The molecule has 0 unspecified atom stereocenters. The molecule has 36 heavy (non-hydrogen) atoms. The van der Waals surface area contributed by atoms with Crippen molar-refractivity contribution in [2.45, 2.75) is 57.5 Å². The zero-order valence-corrected chi connectivity index (χ0v) is 21.8. The number of anilines is 1. The smallest absolute Gasteiger partial charge is 0.265 e. The van der Waals surface area contributed by atoms with E-state index in [4.69, 9.17) is 0 Å². The van der Waals surface area contributed by atoms with Crippen LogP contribution >= 0.6 is 0 Å². The highest BCUT2D eigenvalue weighted by Gasteiger charge is 2.35. The Morgan fingerprint density at radius 3 is 2.47 bits per heavy atom. The van der Waals surface area contributed by atoms with Crippen LogP contribution in [0.3, 0.4) is 0 Å². The van der Waals surface area contributed by atoms with E-state index >= 15 is 0 Å². The summed E-state index contributed by atoms with van der Waals surface area (Å²) in [6, 6.07) is 18.0. The number of hydrogen-bond donors (Lipinski definition) is 1. The van der Waals surface area contributed by atoms with Gasteiger partial charge in [-0.2, -0.15) is 0 Å². The lowest BCUT2D eigenvalue weighted by Gasteiger charge is -2.29. The largest absolute Gasteiger partial charge is 0.354 e. The van der Waals surface area contributed by atoms with Gasteiger partial charge in [0.2, 0.25) is 11.8 Å². The number of nitrogens with zero attached hydrogens (tertiary/aromatic N) is 2. The molecule has 0 aliphatic carbocycles. The van der Waals surface area contributed by atoms with Gasteiger partial charge in [-0.25, -0.2) is 8.42 Å². The van der Waals surface area contributed by atoms with E-state index < -0.39 is 16.1 Å². The van der Waals surface area contributed by atoms with Gasteiger partial charge in [0.15, 0.2) is 0 Å². The lowest BCUT2D eigenvalue weighted by molar-refractivity contribution is -0.140. The zero-order chi connectivity index (χ0) is 25.9. The monoisotopic (exact) mass is 507 g/mol. The predicted octanol–water partition coefficient (Wildman–Crippen LogP) is 4.38. The molecule has 1 N–H and O–H groups in total. The fraction of sp³-hybridized carbons (Fsp3) is 0.357. The number of carbonyl (C=O) groups excluding carboxylic acids is 2. The molecule has 0 radical (unpaired) electrons. The second-order valence-electron chi connectivity index (χ2n) is 9.23. The molecular formula is C28H33N3O4S. The minimum atomic E-state index is -3.67. The van der Waals surface area contributed by atoms with Crippen molar-refractivity contribution in [3.8, 4) is 0 Å². The van der Waals surface area contributed by atoms with Crippen LogP contribution in [0.5, 0.6) is 0 Å². The molecule has 1 aliphatic rings. The van der Waals surface area contributed by atoms with Crippen LogP contribution in [0.1, 0.15) is 44.2 Å². The maximum Gasteiger partial charge on any atom is 0.265 e. The van der Waals surface area contributed by atoms with E-state index in [0.717, 1.165) is 28.3 Å².